The van der Waals surface area contributed by atoms with Gasteiger partial charge in [0, 0.05) is 34.6 Å². The average Bonchev–Trinajstić information content (AvgIpc) is 3.02. The van der Waals surface area contributed by atoms with Gasteiger partial charge in [-0.15, -0.1) is 0 Å². The SMILES string of the molecule is CC(C)(C)OC(=O)NNC(=O)c1cc(N=[N+]=[N-])ccc1COC(=O)ON1C(=O)CCC1=O. The first-order chi connectivity index (χ1) is 15.0. The molecule has 0 bridgehead atoms. The maximum atomic E-state index is 12.5. The molecule has 14 nitrogen and oxygen atoms in total. The van der Waals surface area contributed by atoms with E-state index in [1.54, 1.807) is 20.8 Å². The molecule has 2 rings (SSSR count). The van der Waals surface area contributed by atoms with Crippen molar-refractivity contribution in [2.75, 3.05) is 0 Å². The van der Waals surface area contributed by atoms with Crippen molar-refractivity contribution >= 4 is 35.7 Å². The number of carbonyl (C=O) groups is 5. The van der Waals surface area contributed by atoms with Gasteiger partial charge in [0.05, 0.1) is 0 Å². The standard InChI is InChI=1S/C18H20N6O8/c1-18(2,3)31-16(28)22-21-15(27)12-8-11(20-23-19)5-4-10(12)9-30-17(29)32-24-13(25)6-7-14(24)26/h4-5,8H,6-7,9H2,1-3H3,(H,21,27)(H,22,28). The predicted octanol–water partition coefficient (Wildman–Crippen LogP) is 2.52. The lowest BCUT2D eigenvalue weighted by atomic mass is 10.1. The zero-order chi connectivity index (χ0) is 23.9. The quantitative estimate of drug-likeness (QED) is 0.171. The molecular weight excluding hydrogens is 428 g/mol. The van der Waals surface area contributed by atoms with E-state index in [2.05, 4.69) is 25.7 Å². The molecule has 4 amide bonds. The lowest BCUT2D eigenvalue weighted by Gasteiger charge is -2.20. The maximum absolute atomic E-state index is 12.5. The number of imide groups is 1. The summed E-state index contributed by atoms with van der Waals surface area (Å²) in [6, 6.07) is 3.89. The summed E-state index contributed by atoms with van der Waals surface area (Å²) in [6.45, 7) is 4.40. The van der Waals surface area contributed by atoms with Crippen LogP contribution in [0.15, 0.2) is 23.3 Å². The van der Waals surface area contributed by atoms with Crippen LogP contribution in [-0.2, 0) is 30.5 Å². The fourth-order valence-corrected chi connectivity index (χ4v) is 2.39. The Hall–Kier alpha value is -4.32. The molecule has 1 aromatic rings. The minimum Gasteiger partial charge on any atom is -0.443 e. The van der Waals surface area contributed by atoms with Crippen molar-refractivity contribution < 1.29 is 38.3 Å². The van der Waals surface area contributed by atoms with E-state index < -0.39 is 42.2 Å². The summed E-state index contributed by atoms with van der Waals surface area (Å²) in [7, 11) is 0. The first-order valence-electron chi connectivity index (χ1n) is 9.18. The molecule has 0 unspecified atom stereocenters. The Morgan fingerprint density at radius 2 is 1.81 bits per heavy atom. The van der Waals surface area contributed by atoms with Gasteiger partial charge in [0.1, 0.15) is 12.2 Å². The number of nitrogens with zero attached hydrogens (tertiary/aromatic N) is 4. The number of rotatable bonds is 5. The van der Waals surface area contributed by atoms with Crippen LogP contribution in [-0.4, -0.2) is 40.6 Å². The summed E-state index contributed by atoms with van der Waals surface area (Å²) in [5, 5.41) is 3.70. The minimum atomic E-state index is -1.34. The molecule has 1 heterocycles. The summed E-state index contributed by atoms with van der Waals surface area (Å²) < 4.78 is 9.87. The number of carbonyl (C=O) groups excluding carboxylic acids is 5. The molecule has 1 fully saturated rings. The Bertz CT molecular complexity index is 980. The van der Waals surface area contributed by atoms with Crippen molar-refractivity contribution in [3.05, 3.63) is 39.8 Å². The Morgan fingerprint density at radius 3 is 2.41 bits per heavy atom. The van der Waals surface area contributed by atoms with Gasteiger partial charge in [0.25, 0.3) is 17.7 Å². The number of nitrogens with one attached hydrogen (secondary N) is 2. The number of hydroxylamine groups is 2. The lowest BCUT2D eigenvalue weighted by Crippen LogP contribution is -2.44. The van der Waals surface area contributed by atoms with Gasteiger partial charge in [-0.1, -0.05) is 22.3 Å². The predicted molar refractivity (Wildman–Crippen MR) is 104 cm³/mol. The van der Waals surface area contributed by atoms with Gasteiger partial charge in [0.15, 0.2) is 0 Å². The van der Waals surface area contributed by atoms with E-state index >= 15 is 0 Å². The van der Waals surface area contributed by atoms with Gasteiger partial charge in [-0.3, -0.25) is 24.6 Å². The summed E-state index contributed by atoms with van der Waals surface area (Å²) in [5.41, 5.74) is 12.1. The Labute approximate surface area is 181 Å². The third-order valence-corrected chi connectivity index (χ3v) is 3.69. The van der Waals surface area contributed by atoms with E-state index in [1.165, 1.54) is 18.2 Å². The van der Waals surface area contributed by atoms with E-state index in [4.69, 9.17) is 15.0 Å². The Balaban J connectivity index is 2.08. The third kappa shape index (κ3) is 6.88. The van der Waals surface area contributed by atoms with E-state index in [1.807, 2.05) is 0 Å². The molecule has 0 radical (unpaired) electrons. The lowest BCUT2D eigenvalue weighted by molar-refractivity contribution is -0.177. The highest BCUT2D eigenvalue weighted by Gasteiger charge is 2.33. The summed E-state index contributed by atoms with van der Waals surface area (Å²) in [6.07, 6.45) is -2.42. The van der Waals surface area contributed by atoms with E-state index in [0.717, 1.165) is 0 Å². The molecule has 0 saturated carbocycles. The second-order valence-corrected chi connectivity index (χ2v) is 7.32. The van der Waals surface area contributed by atoms with E-state index in [9.17, 15) is 24.0 Å². The molecule has 1 aromatic carbocycles. The van der Waals surface area contributed by atoms with Crippen molar-refractivity contribution in [1.82, 2.24) is 15.9 Å². The van der Waals surface area contributed by atoms with Crippen molar-refractivity contribution in [3.63, 3.8) is 0 Å². The number of hydrazine groups is 1. The normalized spacial score (nSPS) is 13.2. The van der Waals surface area contributed by atoms with Gasteiger partial charge in [-0.05, 0) is 32.4 Å². The molecule has 1 aliphatic rings. The van der Waals surface area contributed by atoms with Crippen LogP contribution < -0.4 is 10.9 Å². The van der Waals surface area contributed by atoms with Crippen LogP contribution in [0.2, 0.25) is 0 Å². The van der Waals surface area contributed by atoms with Crippen molar-refractivity contribution in [1.29, 1.82) is 0 Å². The number of amides is 4. The second kappa shape index (κ2) is 10.1. The van der Waals surface area contributed by atoms with Crippen LogP contribution in [0, 0.1) is 0 Å². The number of ether oxygens (including phenoxy) is 2. The highest BCUT2D eigenvalue weighted by molar-refractivity contribution is 6.01. The summed E-state index contributed by atoms with van der Waals surface area (Å²) >= 11 is 0. The molecule has 1 aliphatic heterocycles. The smallest absolute Gasteiger partial charge is 0.443 e. The molecule has 170 valence electrons. The highest BCUT2D eigenvalue weighted by Crippen LogP contribution is 2.20. The molecule has 2 N–H and O–H groups in total. The molecule has 0 spiro atoms. The number of hydrogen-bond acceptors (Lipinski definition) is 9. The second-order valence-electron chi connectivity index (χ2n) is 7.32. The summed E-state index contributed by atoms with van der Waals surface area (Å²) in [5.74, 6) is -2.19. The van der Waals surface area contributed by atoms with E-state index in [-0.39, 0.29) is 29.7 Å². The van der Waals surface area contributed by atoms with Crippen LogP contribution in [0.3, 0.4) is 0 Å². The zero-order valence-corrected chi connectivity index (χ0v) is 17.4. The molecule has 0 aliphatic carbocycles. The van der Waals surface area contributed by atoms with Crippen LogP contribution in [0.4, 0.5) is 15.3 Å². The van der Waals surface area contributed by atoms with Gasteiger partial charge >= 0.3 is 12.2 Å². The maximum Gasteiger partial charge on any atom is 0.534 e. The van der Waals surface area contributed by atoms with Crippen LogP contribution >= 0.6 is 0 Å². The van der Waals surface area contributed by atoms with Gasteiger partial charge in [-0.2, -0.15) is 0 Å². The first-order valence-corrected chi connectivity index (χ1v) is 9.18. The molecular formula is C18H20N6O8. The van der Waals surface area contributed by atoms with Crippen LogP contribution in [0.1, 0.15) is 49.5 Å². The zero-order valence-electron chi connectivity index (χ0n) is 17.4. The molecule has 0 atom stereocenters. The van der Waals surface area contributed by atoms with Crippen molar-refractivity contribution in [3.8, 4) is 0 Å². The molecule has 32 heavy (non-hydrogen) atoms. The Morgan fingerprint density at radius 1 is 1.16 bits per heavy atom. The highest BCUT2D eigenvalue weighted by atomic mass is 16.8. The summed E-state index contributed by atoms with van der Waals surface area (Å²) in [4.78, 5) is 66.2. The van der Waals surface area contributed by atoms with Gasteiger partial charge in [-0.25, -0.2) is 15.0 Å². The molecule has 14 heteroatoms. The number of hydrogen-bond donors (Lipinski definition) is 2. The first kappa shape index (κ1) is 24.0. The number of benzene rings is 1. The van der Waals surface area contributed by atoms with Crippen molar-refractivity contribution in [2.45, 2.75) is 45.8 Å². The van der Waals surface area contributed by atoms with Gasteiger partial charge < -0.3 is 9.47 Å². The Kier molecular flexibility index (Phi) is 7.58. The topological polar surface area (TPSA) is 189 Å². The number of azide groups is 1. The van der Waals surface area contributed by atoms with Crippen molar-refractivity contribution in [2.24, 2.45) is 5.11 Å². The van der Waals surface area contributed by atoms with E-state index in [0.29, 0.717) is 5.06 Å². The monoisotopic (exact) mass is 448 g/mol. The fourth-order valence-electron chi connectivity index (χ4n) is 2.39. The van der Waals surface area contributed by atoms with Crippen LogP contribution in [0.5, 0.6) is 0 Å². The average molecular weight is 448 g/mol. The third-order valence-electron chi connectivity index (χ3n) is 3.69. The van der Waals surface area contributed by atoms with Gasteiger partial charge in [0.2, 0.25) is 0 Å². The largest absolute Gasteiger partial charge is 0.534 e. The van der Waals surface area contributed by atoms with Crippen LogP contribution in [0.25, 0.3) is 10.4 Å². The fraction of sp³-hybridized carbons (Fsp3) is 0.389. The molecule has 1 saturated heterocycles. The minimum absolute atomic E-state index is 0.0782. The molecule has 0 aromatic heterocycles.